The second kappa shape index (κ2) is 12.1. The van der Waals surface area contributed by atoms with Crippen LogP contribution in [0.25, 0.3) is 22.5 Å². The molecule has 4 aromatic rings. The van der Waals surface area contributed by atoms with Crippen LogP contribution in [0.1, 0.15) is 44.2 Å². The van der Waals surface area contributed by atoms with Gasteiger partial charge in [0.25, 0.3) is 0 Å². The highest BCUT2D eigenvalue weighted by Crippen LogP contribution is 2.32. The van der Waals surface area contributed by atoms with E-state index in [1.165, 1.54) is 11.1 Å². The fourth-order valence-corrected chi connectivity index (χ4v) is 5.35. The molecule has 1 aliphatic heterocycles. The van der Waals surface area contributed by atoms with E-state index in [9.17, 15) is 4.79 Å². The molecule has 0 saturated heterocycles. The predicted octanol–water partition coefficient (Wildman–Crippen LogP) is 7.92. The summed E-state index contributed by atoms with van der Waals surface area (Å²) in [6, 6.07) is 21.9. The maximum atomic E-state index is 11.5. The molecule has 6 nitrogen and oxygen atoms in total. The molecular formula is C31H30Cl2N4O2. The average Bonchev–Trinajstić information content (AvgIpc) is 3.38. The Labute approximate surface area is 238 Å². The number of hydrogen-bond acceptors (Lipinski definition) is 5. The summed E-state index contributed by atoms with van der Waals surface area (Å²) in [5.74, 6) is -0.159. The van der Waals surface area contributed by atoms with Gasteiger partial charge in [-0.05, 0) is 54.2 Å². The van der Waals surface area contributed by atoms with Gasteiger partial charge in [0, 0.05) is 46.0 Å². The van der Waals surface area contributed by atoms with Gasteiger partial charge in [0.15, 0.2) is 5.82 Å². The first kappa shape index (κ1) is 27.0. The number of rotatable bonds is 9. The lowest BCUT2D eigenvalue weighted by atomic mass is 9.94. The van der Waals surface area contributed by atoms with Crippen LogP contribution in [0.4, 0.5) is 0 Å². The summed E-state index contributed by atoms with van der Waals surface area (Å²) < 4.78 is 4.72. The molecule has 2 heterocycles. The van der Waals surface area contributed by atoms with Crippen molar-refractivity contribution in [3.63, 3.8) is 0 Å². The van der Waals surface area contributed by atoms with Gasteiger partial charge in [-0.15, -0.1) is 0 Å². The van der Waals surface area contributed by atoms with Gasteiger partial charge in [0.05, 0.1) is 0 Å². The first-order chi connectivity index (χ1) is 18.9. The number of halogens is 2. The molecular weight excluding hydrogens is 531 g/mol. The van der Waals surface area contributed by atoms with Crippen molar-refractivity contribution >= 4 is 28.9 Å². The van der Waals surface area contributed by atoms with Crippen molar-refractivity contribution in [3.05, 3.63) is 110 Å². The molecule has 1 unspecified atom stereocenters. The molecule has 0 spiro atoms. The molecule has 0 bridgehead atoms. The van der Waals surface area contributed by atoms with E-state index < -0.39 is 5.76 Å². The summed E-state index contributed by atoms with van der Waals surface area (Å²) in [7, 11) is 0. The number of aromatic amines is 1. The van der Waals surface area contributed by atoms with E-state index >= 15 is 0 Å². The van der Waals surface area contributed by atoms with Gasteiger partial charge in [-0.25, -0.2) is 4.79 Å². The summed E-state index contributed by atoms with van der Waals surface area (Å²) in [6.45, 7) is 4.90. The second-order valence-electron chi connectivity index (χ2n) is 9.70. The monoisotopic (exact) mass is 560 g/mol. The summed E-state index contributed by atoms with van der Waals surface area (Å²) in [6.07, 6.45) is 6.15. The van der Waals surface area contributed by atoms with Crippen LogP contribution in [0.15, 0.2) is 92.8 Å². The summed E-state index contributed by atoms with van der Waals surface area (Å²) in [5.41, 5.74) is 7.27. The number of unbranched alkanes of at least 4 members (excludes halogenated alkanes) is 1. The maximum Gasteiger partial charge on any atom is 0.439 e. The van der Waals surface area contributed by atoms with Crippen LogP contribution in [0.2, 0.25) is 10.0 Å². The number of aromatic nitrogens is 2. The lowest BCUT2D eigenvalue weighted by molar-refractivity contribution is 0.286. The fourth-order valence-electron chi connectivity index (χ4n) is 4.84. The third kappa shape index (κ3) is 6.18. The average molecular weight is 562 g/mol. The van der Waals surface area contributed by atoms with Crippen LogP contribution < -0.4 is 5.76 Å². The SMILES string of the molecule is CCCCC1=NC(C)N(Cc2c(Cl)cccc2Cl)C=C1Cc1ccc(-c2ccccc2-c2noc(=O)[nH]2)cc1. The molecule has 1 aromatic heterocycles. The van der Waals surface area contributed by atoms with Gasteiger partial charge in [0.1, 0.15) is 6.17 Å². The van der Waals surface area contributed by atoms with Crippen LogP contribution in [0.5, 0.6) is 0 Å². The van der Waals surface area contributed by atoms with Crippen LogP contribution in [0, 0.1) is 0 Å². The Bertz CT molecular complexity index is 1550. The number of nitrogens with zero attached hydrogens (tertiary/aromatic N) is 3. The van der Waals surface area contributed by atoms with Crippen molar-refractivity contribution in [2.45, 2.75) is 52.2 Å². The maximum absolute atomic E-state index is 11.5. The van der Waals surface area contributed by atoms with Gasteiger partial charge in [-0.1, -0.05) is 96.3 Å². The third-order valence-electron chi connectivity index (χ3n) is 6.97. The van der Waals surface area contributed by atoms with E-state index in [0.29, 0.717) is 22.4 Å². The summed E-state index contributed by atoms with van der Waals surface area (Å²) in [5, 5.41) is 5.19. The molecule has 0 fully saturated rings. The first-order valence-corrected chi connectivity index (χ1v) is 13.9. The molecule has 200 valence electrons. The Hall–Kier alpha value is -3.61. The quantitative estimate of drug-likeness (QED) is 0.225. The minimum atomic E-state index is -0.573. The molecule has 0 aliphatic carbocycles. The van der Waals surface area contributed by atoms with Crippen LogP contribution in [-0.4, -0.2) is 26.9 Å². The van der Waals surface area contributed by atoms with E-state index in [0.717, 1.165) is 53.6 Å². The van der Waals surface area contributed by atoms with Gasteiger partial charge >= 0.3 is 5.76 Å². The highest BCUT2D eigenvalue weighted by molar-refractivity contribution is 6.36. The summed E-state index contributed by atoms with van der Waals surface area (Å²) in [4.78, 5) is 21.4. The minimum Gasteiger partial charge on any atom is -0.351 e. The topological polar surface area (TPSA) is 74.5 Å². The van der Waals surface area contributed by atoms with Crippen molar-refractivity contribution < 1.29 is 4.52 Å². The Balaban J connectivity index is 1.41. The molecule has 1 N–H and O–H groups in total. The zero-order chi connectivity index (χ0) is 27.4. The number of allylic oxidation sites excluding steroid dienone is 1. The number of nitrogens with one attached hydrogen (secondary N) is 1. The van der Waals surface area contributed by atoms with Crippen LogP contribution in [-0.2, 0) is 13.0 Å². The van der Waals surface area contributed by atoms with Crippen molar-refractivity contribution in [1.29, 1.82) is 0 Å². The summed E-state index contributed by atoms with van der Waals surface area (Å²) >= 11 is 13.0. The van der Waals surface area contributed by atoms with Crippen molar-refractivity contribution in [1.82, 2.24) is 15.0 Å². The zero-order valence-corrected chi connectivity index (χ0v) is 23.5. The number of benzene rings is 3. The van der Waals surface area contributed by atoms with Gasteiger partial charge < -0.3 is 4.90 Å². The fraction of sp³-hybridized carbons (Fsp3) is 0.258. The molecule has 1 atom stereocenters. The first-order valence-electron chi connectivity index (χ1n) is 13.1. The lowest BCUT2D eigenvalue weighted by Crippen LogP contribution is -2.32. The van der Waals surface area contributed by atoms with Crippen molar-refractivity contribution in [2.24, 2.45) is 4.99 Å². The van der Waals surface area contributed by atoms with E-state index in [-0.39, 0.29) is 6.17 Å². The normalized spacial score (nSPS) is 15.3. The van der Waals surface area contributed by atoms with E-state index in [1.807, 2.05) is 42.5 Å². The molecule has 0 amide bonds. The Kier molecular flexibility index (Phi) is 8.34. The van der Waals surface area contributed by atoms with E-state index in [4.69, 9.17) is 32.7 Å². The molecule has 8 heteroatoms. The van der Waals surface area contributed by atoms with E-state index in [2.05, 4.69) is 59.4 Å². The predicted molar refractivity (Wildman–Crippen MR) is 158 cm³/mol. The lowest BCUT2D eigenvalue weighted by Gasteiger charge is -2.32. The van der Waals surface area contributed by atoms with E-state index in [1.54, 1.807) is 0 Å². The standard InChI is InChI=1S/C31H30Cl2N4O2/c1-3-4-12-29-23(18-37(20(2)34-29)19-26-27(32)10-7-11-28(26)33)17-21-13-15-22(16-14-21)24-8-5-6-9-25(24)30-35-31(38)39-36-30/h5-11,13-16,18,20H,3-4,12,17,19H2,1-2H3,(H,35,36,38). The highest BCUT2D eigenvalue weighted by atomic mass is 35.5. The van der Waals surface area contributed by atoms with Crippen molar-refractivity contribution in [3.8, 4) is 22.5 Å². The van der Waals surface area contributed by atoms with Gasteiger partial charge in [0.2, 0.25) is 0 Å². The smallest absolute Gasteiger partial charge is 0.351 e. The van der Waals surface area contributed by atoms with Gasteiger partial charge in [-0.2, -0.15) is 0 Å². The highest BCUT2D eigenvalue weighted by Gasteiger charge is 2.22. The molecule has 39 heavy (non-hydrogen) atoms. The minimum absolute atomic E-state index is 0.00482. The molecule has 0 saturated carbocycles. The van der Waals surface area contributed by atoms with Gasteiger partial charge in [-0.3, -0.25) is 14.5 Å². The Morgan fingerprint density at radius 2 is 1.69 bits per heavy atom. The largest absolute Gasteiger partial charge is 0.439 e. The Morgan fingerprint density at radius 3 is 2.36 bits per heavy atom. The number of H-pyrrole nitrogens is 1. The van der Waals surface area contributed by atoms with Crippen molar-refractivity contribution in [2.75, 3.05) is 0 Å². The van der Waals surface area contributed by atoms with Crippen LogP contribution in [0.3, 0.4) is 0 Å². The molecule has 1 aliphatic rings. The molecule has 0 radical (unpaired) electrons. The third-order valence-corrected chi connectivity index (χ3v) is 7.67. The molecule has 3 aromatic carbocycles. The Morgan fingerprint density at radius 1 is 0.974 bits per heavy atom. The zero-order valence-electron chi connectivity index (χ0n) is 22.0. The van der Waals surface area contributed by atoms with Crippen LogP contribution >= 0.6 is 23.2 Å². The number of aliphatic imine (C=N–C) groups is 1. The second-order valence-corrected chi connectivity index (χ2v) is 10.5. The number of hydrogen-bond donors (Lipinski definition) is 1. The molecule has 5 rings (SSSR count).